The number of carbonyl (C=O) groups is 4. The largest absolute Gasteiger partial charge is 0.480 e. The monoisotopic (exact) mass is 440 g/mol. The molecule has 0 fully saturated rings. The van der Waals surface area contributed by atoms with E-state index in [0.717, 1.165) is 5.56 Å². The third kappa shape index (κ3) is 9.25. The second-order valence-electron chi connectivity index (χ2n) is 6.49. The molecule has 10 nitrogen and oxygen atoms in total. The van der Waals surface area contributed by atoms with E-state index in [1.165, 1.54) is 0 Å². The Bertz CT molecular complexity index is 718. The quantitative estimate of drug-likeness (QED) is 0.214. The van der Waals surface area contributed by atoms with Gasteiger partial charge in [0.25, 0.3) is 0 Å². The number of aliphatic carboxylic acids is 1. The lowest BCUT2D eigenvalue weighted by Crippen LogP contribution is -2.57. The van der Waals surface area contributed by atoms with Crippen LogP contribution in [0.2, 0.25) is 0 Å². The molecule has 0 saturated carbocycles. The van der Waals surface area contributed by atoms with Gasteiger partial charge in [0.1, 0.15) is 18.6 Å². The molecule has 3 amide bonds. The van der Waals surface area contributed by atoms with E-state index < -0.39 is 55.0 Å². The van der Waals surface area contributed by atoms with Gasteiger partial charge in [-0.3, -0.25) is 19.2 Å². The molecule has 0 spiro atoms. The number of nitrogens with one attached hydrogen (secondary N) is 3. The summed E-state index contributed by atoms with van der Waals surface area (Å²) in [5, 5.41) is 25.1. The minimum Gasteiger partial charge on any atom is -0.480 e. The Balaban J connectivity index is 2.87. The first-order chi connectivity index (χ1) is 14.3. The third-order valence-electron chi connectivity index (χ3n) is 4.11. The minimum absolute atomic E-state index is 0.141. The summed E-state index contributed by atoms with van der Waals surface area (Å²) in [4.78, 5) is 47.7. The van der Waals surface area contributed by atoms with E-state index in [0.29, 0.717) is 12.2 Å². The van der Waals surface area contributed by atoms with E-state index >= 15 is 0 Å². The van der Waals surface area contributed by atoms with Gasteiger partial charge in [-0.15, -0.1) is 0 Å². The van der Waals surface area contributed by atoms with Crippen LogP contribution in [0, 0.1) is 0 Å². The molecule has 0 aliphatic heterocycles. The number of carboxylic acids is 1. The van der Waals surface area contributed by atoms with Crippen molar-refractivity contribution in [1.29, 1.82) is 0 Å². The zero-order chi connectivity index (χ0) is 22.5. The number of hydrogen-bond acceptors (Lipinski definition) is 7. The highest BCUT2D eigenvalue weighted by atomic mass is 32.2. The molecule has 0 aliphatic carbocycles. The van der Waals surface area contributed by atoms with E-state index in [4.69, 9.17) is 10.8 Å². The molecule has 3 atom stereocenters. The SMILES string of the molecule is CSCCC(N)C(=O)NC(Cc1ccccc1)C(=O)NC(CO)C(=O)NCC(=O)O. The fourth-order valence-corrected chi connectivity index (χ4v) is 2.96. The fraction of sp³-hybridized carbons (Fsp3) is 0.474. The Kier molecular flexibility index (Phi) is 11.5. The zero-order valence-corrected chi connectivity index (χ0v) is 17.5. The van der Waals surface area contributed by atoms with Crippen molar-refractivity contribution in [2.45, 2.75) is 31.0 Å². The Morgan fingerprint density at radius 1 is 1.03 bits per heavy atom. The van der Waals surface area contributed by atoms with Crippen molar-refractivity contribution in [1.82, 2.24) is 16.0 Å². The number of thioether (sulfide) groups is 1. The smallest absolute Gasteiger partial charge is 0.322 e. The number of amides is 3. The highest BCUT2D eigenvalue weighted by molar-refractivity contribution is 7.98. The molecule has 0 aromatic heterocycles. The first-order valence-electron chi connectivity index (χ1n) is 9.28. The van der Waals surface area contributed by atoms with Gasteiger partial charge in [0.2, 0.25) is 17.7 Å². The molecule has 0 saturated heterocycles. The summed E-state index contributed by atoms with van der Waals surface area (Å²) in [6.45, 7) is -1.39. The fourth-order valence-electron chi connectivity index (χ4n) is 2.47. The Hall–Kier alpha value is -2.63. The second-order valence-corrected chi connectivity index (χ2v) is 7.48. The van der Waals surface area contributed by atoms with E-state index in [2.05, 4.69) is 16.0 Å². The number of nitrogens with two attached hydrogens (primary N) is 1. The first kappa shape index (κ1) is 25.4. The van der Waals surface area contributed by atoms with Crippen LogP contribution in [0.4, 0.5) is 0 Å². The molecular formula is C19H28N4O6S. The van der Waals surface area contributed by atoms with Crippen LogP contribution in [0.25, 0.3) is 0 Å². The highest BCUT2D eigenvalue weighted by Gasteiger charge is 2.28. The van der Waals surface area contributed by atoms with E-state index in [-0.39, 0.29) is 6.42 Å². The maximum absolute atomic E-state index is 12.8. The van der Waals surface area contributed by atoms with Crippen LogP contribution in [0.5, 0.6) is 0 Å². The lowest BCUT2D eigenvalue weighted by atomic mass is 10.0. The Morgan fingerprint density at radius 2 is 1.67 bits per heavy atom. The van der Waals surface area contributed by atoms with E-state index in [9.17, 15) is 24.3 Å². The number of aliphatic hydroxyl groups excluding tert-OH is 1. The molecule has 0 bridgehead atoms. The van der Waals surface area contributed by atoms with Gasteiger partial charge in [-0.2, -0.15) is 11.8 Å². The summed E-state index contributed by atoms with van der Waals surface area (Å²) >= 11 is 1.54. The van der Waals surface area contributed by atoms with Gasteiger partial charge >= 0.3 is 5.97 Å². The maximum Gasteiger partial charge on any atom is 0.322 e. The van der Waals surface area contributed by atoms with Gasteiger partial charge in [-0.25, -0.2) is 0 Å². The summed E-state index contributed by atoms with van der Waals surface area (Å²) in [6, 6.07) is 5.74. The van der Waals surface area contributed by atoms with Gasteiger partial charge in [0.05, 0.1) is 12.6 Å². The second kappa shape index (κ2) is 13.6. The van der Waals surface area contributed by atoms with Crippen LogP contribution in [0.1, 0.15) is 12.0 Å². The van der Waals surface area contributed by atoms with Crippen molar-refractivity contribution < 1.29 is 29.4 Å². The van der Waals surface area contributed by atoms with Crippen LogP contribution in [-0.2, 0) is 25.6 Å². The summed E-state index contributed by atoms with van der Waals surface area (Å²) in [5.41, 5.74) is 6.64. The molecule has 1 aromatic carbocycles. The third-order valence-corrected chi connectivity index (χ3v) is 4.76. The topological polar surface area (TPSA) is 171 Å². The van der Waals surface area contributed by atoms with Gasteiger partial charge in [-0.05, 0) is 24.0 Å². The Morgan fingerprint density at radius 3 is 2.23 bits per heavy atom. The number of carboxylic acid groups (broad SMARTS) is 1. The van der Waals surface area contributed by atoms with Crippen molar-refractivity contribution >= 4 is 35.5 Å². The maximum atomic E-state index is 12.8. The summed E-state index contributed by atoms with van der Waals surface area (Å²) < 4.78 is 0. The van der Waals surface area contributed by atoms with E-state index in [1.54, 1.807) is 36.0 Å². The predicted molar refractivity (Wildman–Crippen MR) is 113 cm³/mol. The van der Waals surface area contributed by atoms with Crippen LogP contribution in [0.15, 0.2) is 30.3 Å². The average Bonchev–Trinajstić information content (AvgIpc) is 2.73. The highest BCUT2D eigenvalue weighted by Crippen LogP contribution is 2.06. The normalized spacial score (nSPS) is 13.6. The van der Waals surface area contributed by atoms with Crippen molar-refractivity contribution in [3.05, 3.63) is 35.9 Å². The number of benzene rings is 1. The molecule has 0 radical (unpaired) electrons. The Labute approximate surface area is 179 Å². The number of hydrogen-bond donors (Lipinski definition) is 6. The van der Waals surface area contributed by atoms with Crippen molar-refractivity contribution in [2.75, 3.05) is 25.2 Å². The number of aliphatic hydroxyl groups is 1. The van der Waals surface area contributed by atoms with Crippen LogP contribution < -0.4 is 21.7 Å². The lowest BCUT2D eigenvalue weighted by Gasteiger charge is -2.23. The van der Waals surface area contributed by atoms with Crippen LogP contribution >= 0.6 is 11.8 Å². The summed E-state index contributed by atoms with van der Waals surface area (Å²) in [7, 11) is 0. The number of carbonyl (C=O) groups excluding carboxylic acids is 3. The van der Waals surface area contributed by atoms with Crippen molar-refractivity contribution in [3.63, 3.8) is 0 Å². The number of rotatable bonds is 13. The minimum atomic E-state index is -1.36. The molecular weight excluding hydrogens is 412 g/mol. The van der Waals surface area contributed by atoms with Gasteiger partial charge in [-0.1, -0.05) is 30.3 Å². The zero-order valence-electron chi connectivity index (χ0n) is 16.7. The summed E-state index contributed by atoms with van der Waals surface area (Å²) in [6.07, 6.45) is 2.47. The average molecular weight is 441 g/mol. The van der Waals surface area contributed by atoms with Gasteiger partial charge in [0, 0.05) is 6.42 Å². The molecule has 7 N–H and O–H groups in total. The molecule has 1 aromatic rings. The van der Waals surface area contributed by atoms with Gasteiger partial charge in [0.15, 0.2) is 0 Å². The van der Waals surface area contributed by atoms with Crippen molar-refractivity contribution in [2.24, 2.45) is 5.73 Å². The molecule has 166 valence electrons. The predicted octanol–water partition coefficient (Wildman–Crippen LogP) is -1.53. The van der Waals surface area contributed by atoms with Gasteiger partial charge < -0.3 is 31.9 Å². The molecule has 0 heterocycles. The molecule has 0 aliphatic rings. The van der Waals surface area contributed by atoms with Crippen LogP contribution in [0.3, 0.4) is 0 Å². The molecule has 1 rings (SSSR count). The summed E-state index contributed by atoms with van der Waals surface area (Å²) in [5.74, 6) is -2.64. The van der Waals surface area contributed by atoms with Crippen molar-refractivity contribution in [3.8, 4) is 0 Å². The lowest BCUT2D eigenvalue weighted by molar-refractivity contribution is -0.139. The standard InChI is InChI=1S/C19H28N4O6S/c1-30-8-7-13(20)17(27)22-14(9-12-5-3-2-4-6-12)19(29)23-15(11-24)18(28)21-10-16(25)26/h2-6,13-15,24H,7-11,20H2,1H3,(H,21,28)(H,22,27)(H,23,29)(H,25,26). The molecule has 3 unspecified atom stereocenters. The first-order valence-corrected chi connectivity index (χ1v) is 10.7. The van der Waals surface area contributed by atoms with Crippen LogP contribution in [-0.4, -0.2) is 77.2 Å². The molecule has 30 heavy (non-hydrogen) atoms. The van der Waals surface area contributed by atoms with E-state index in [1.807, 2.05) is 12.3 Å². The molecule has 11 heteroatoms.